The van der Waals surface area contributed by atoms with Gasteiger partial charge in [0.15, 0.2) is 0 Å². The van der Waals surface area contributed by atoms with Crippen LogP contribution in [0.3, 0.4) is 0 Å². The Labute approximate surface area is 126 Å². The van der Waals surface area contributed by atoms with Crippen LogP contribution in [0.4, 0.5) is 0 Å². The molecular formula is C15H16AsN2O2+. The summed E-state index contributed by atoms with van der Waals surface area (Å²) in [6.07, 6.45) is 4.19. The van der Waals surface area contributed by atoms with E-state index in [2.05, 4.69) is 48.1 Å². The number of quaternary nitrogens is 1. The van der Waals surface area contributed by atoms with E-state index in [9.17, 15) is 0 Å². The molecule has 2 radical (unpaired) electrons. The second-order valence-corrected chi connectivity index (χ2v) is 6.37. The van der Waals surface area contributed by atoms with Crippen molar-refractivity contribution in [1.82, 2.24) is 4.98 Å². The van der Waals surface area contributed by atoms with Crippen molar-refractivity contribution in [3.8, 4) is 5.75 Å². The van der Waals surface area contributed by atoms with Crippen LogP contribution in [0.1, 0.15) is 5.89 Å². The first-order chi connectivity index (χ1) is 9.49. The average molecular weight is 331 g/mol. The van der Waals surface area contributed by atoms with Crippen molar-refractivity contribution in [2.45, 2.75) is 0 Å². The summed E-state index contributed by atoms with van der Waals surface area (Å²) in [6.45, 7) is 0.866. The number of ether oxygens (including phenoxy) is 1. The fraction of sp³-hybridized carbons (Fsp3) is 0.267. The molecule has 3 rings (SSSR count). The SMILES string of the molecule is COc1ccc2oc(C3=CC=C([As])[N+](C)(C)C3)nc2c1. The van der Waals surface area contributed by atoms with Gasteiger partial charge in [-0.25, -0.2) is 0 Å². The topological polar surface area (TPSA) is 35.3 Å². The van der Waals surface area contributed by atoms with Crippen molar-refractivity contribution in [1.29, 1.82) is 0 Å². The van der Waals surface area contributed by atoms with E-state index >= 15 is 0 Å². The molecule has 2 heterocycles. The third-order valence-electron chi connectivity index (χ3n) is 3.49. The molecule has 0 spiro atoms. The molecule has 102 valence electrons. The van der Waals surface area contributed by atoms with Gasteiger partial charge in [0, 0.05) is 0 Å². The second kappa shape index (κ2) is 4.80. The maximum atomic E-state index is 5.86. The first-order valence-corrected chi connectivity index (χ1v) is 7.32. The number of fused-ring (bicyclic) bond motifs is 1. The van der Waals surface area contributed by atoms with E-state index in [1.54, 1.807) is 7.11 Å². The summed E-state index contributed by atoms with van der Waals surface area (Å²) in [5.74, 6) is 1.48. The number of allylic oxidation sites excluding steroid dienone is 2. The van der Waals surface area contributed by atoms with Gasteiger partial charge in [-0.3, -0.25) is 0 Å². The second-order valence-electron chi connectivity index (χ2n) is 5.41. The van der Waals surface area contributed by atoms with Crippen molar-refractivity contribution in [2.75, 3.05) is 27.7 Å². The number of benzene rings is 1. The Hall–Kier alpha value is -1.51. The number of methoxy groups -OCH3 is 1. The molecule has 20 heavy (non-hydrogen) atoms. The van der Waals surface area contributed by atoms with E-state index in [-0.39, 0.29) is 0 Å². The van der Waals surface area contributed by atoms with Gasteiger partial charge in [0.25, 0.3) is 0 Å². The van der Waals surface area contributed by atoms with Gasteiger partial charge in [-0.15, -0.1) is 0 Å². The molecule has 0 saturated carbocycles. The number of likely N-dealkylation sites (N-methyl/N-ethyl adjacent to an activating group) is 1. The third kappa shape index (κ3) is 2.30. The van der Waals surface area contributed by atoms with Gasteiger partial charge in [0.2, 0.25) is 0 Å². The standard InChI is InChI=1S/C15H16AsN2O2/c1-18(2)9-10(4-7-14(18)16)15-17-12-8-11(19-3)5-6-13(12)20-15/h4-8H,9H2,1-3H3/q+1. The number of hydrogen-bond donors (Lipinski definition) is 0. The van der Waals surface area contributed by atoms with E-state index in [1.807, 2.05) is 18.2 Å². The third-order valence-corrected chi connectivity index (χ3v) is 4.94. The molecule has 0 unspecified atom stereocenters. The summed E-state index contributed by atoms with van der Waals surface area (Å²) < 4.78 is 13.1. The molecule has 5 heteroatoms. The molecule has 1 aliphatic heterocycles. The Morgan fingerprint density at radius 3 is 2.80 bits per heavy atom. The van der Waals surface area contributed by atoms with Crippen LogP contribution in [0.5, 0.6) is 5.75 Å². The molecule has 0 aliphatic carbocycles. The van der Waals surface area contributed by atoms with Crippen LogP contribution in [0, 0.1) is 0 Å². The van der Waals surface area contributed by atoms with Gasteiger partial charge in [0.05, 0.1) is 0 Å². The molecule has 0 N–H and O–H groups in total. The van der Waals surface area contributed by atoms with E-state index in [0.29, 0.717) is 5.89 Å². The number of aromatic nitrogens is 1. The zero-order valence-corrected chi connectivity index (χ0v) is 13.6. The number of oxazole rings is 1. The average Bonchev–Trinajstić information content (AvgIpc) is 2.84. The summed E-state index contributed by atoms with van der Waals surface area (Å²) in [7, 11) is 5.99. The molecule has 0 atom stereocenters. The summed E-state index contributed by atoms with van der Waals surface area (Å²) in [5, 5.41) is 0. The van der Waals surface area contributed by atoms with Crippen molar-refractivity contribution >= 4 is 33.5 Å². The Morgan fingerprint density at radius 1 is 1.30 bits per heavy atom. The van der Waals surface area contributed by atoms with Crippen molar-refractivity contribution in [2.24, 2.45) is 0 Å². The minimum absolute atomic E-state index is 0.690. The number of hydrogen-bond acceptors (Lipinski definition) is 3. The van der Waals surface area contributed by atoms with Crippen LogP contribution < -0.4 is 4.74 Å². The molecule has 1 aliphatic rings. The van der Waals surface area contributed by atoms with Crippen LogP contribution in [-0.2, 0) is 0 Å². The van der Waals surface area contributed by atoms with Gasteiger partial charge < -0.3 is 0 Å². The van der Waals surface area contributed by atoms with E-state index < -0.39 is 0 Å². The first kappa shape index (κ1) is 13.5. The monoisotopic (exact) mass is 331 g/mol. The quantitative estimate of drug-likeness (QED) is 0.626. The Balaban J connectivity index is 2.03. The van der Waals surface area contributed by atoms with Gasteiger partial charge >= 0.3 is 126 Å². The molecule has 2 aromatic rings. The fourth-order valence-electron chi connectivity index (χ4n) is 2.25. The van der Waals surface area contributed by atoms with Crippen molar-refractivity contribution < 1.29 is 13.6 Å². The Kier molecular flexibility index (Phi) is 3.23. The fourth-order valence-corrected chi connectivity index (χ4v) is 2.55. The van der Waals surface area contributed by atoms with Crippen LogP contribution in [0.15, 0.2) is 39.3 Å². The van der Waals surface area contributed by atoms with E-state index in [4.69, 9.17) is 9.15 Å². The predicted octanol–water partition coefficient (Wildman–Crippen LogP) is 2.32. The van der Waals surface area contributed by atoms with Crippen LogP contribution in [-0.4, -0.2) is 54.1 Å². The molecule has 0 saturated heterocycles. The Bertz CT molecular complexity index is 729. The van der Waals surface area contributed by atoms with Gasteiger partial charge in [0.1, 0.15) is 0 Å². The molecule has 4 nitrogen and oxygen atoms in total. The summed E-state index contributed by atoms with van der Waals surface area (Å²) in [5.41, 5.74) is 2.72. The van der Waals surface area contributed by atoms with Gasteiger partial charge in [-0.2, -0.15) is 0 Å². The normalized spacial score (nSPS) is 17.8. The summed E-state index contributed by atoms with van der Waals surface area (Å²) in [6, 6.07) is 5.67. The minimum atomic E-state index is 0.690. The molecule has 1 aromatic heterocycles. The zero-order valence-electron chi connectivity index (χ0n) is 11.8. The van der Waals surface area contributed by atoms with Gasteiger partial charge in [-0.1, -0.05) is 0 Å². The molecule has 0 fully saturated rings. The summed E-state index contributed by atoms with van der Waals surface area (Å²) >= 11 is 2.62. The van der Waals surface area contributed by atoms with Crippen LogP contribution >= 0.6 is 0 Å². The first-order valence-electron chi connectivity index (χ1n) is 6.38. The van der Waals surface area contributed by atoms with Crippen LogP contribution in [0.2, 0.25) is 0 Å². The van der Waals surface area contributed by atoms with Crippen molar-refractivity contribution in [3.05, 3.63) is 40.7 Å². The number of rotatable bonds is 2. The maximum absolute atomic E-state index is 5.86. The Morgan fingerprint density at radius 2 is 2.10 bits per heavy atom. The van der Waals surface area contributed by atoms with E-state index in [0.717, 1.165) is 33.5 Å². The zero-order chi connectivity index (χ0) is 14.3. The molecule has 1 aromatic carbocycles. The summed E-state index contributed by atoms with van der Waals surface area (Å²) in [4.78, 5) is 4.58. The molecular weight excluding hydrogens is 315 g/mol. The van der Waals surface area contributed by atoms with Gasteiger partial charge in [-0.05, 0) is 0 Å². The molecule has 0 bridgehead atoms. The van der Waals surface area contributed by atoms with Crippen LogP contribution in [0.25, 0.3) is 16.7 Å². The number of nitrogens with zero attached hydrogens (tertiary/aromatic N) is 2. The van der Waals surface area contributed by atoms with E-state index in [1.165, 1.54) is 4.48 Å². The van der Waals surface area contributed by atoms with Crippen molar-refractivity contribution in [3.63, 3.8) is 0 Å². The molecule has 0 amide bonds. The predicted molar refractivity (Wildman–Crippen MR) is 79.4 cm³/mol.